The number of pyridine rings is 1. The van der Waals surface area contributed by atoms with Crippen molar-refractivity contribution in [3.8, 4) is 11.4 Å². The number of carbonyl (C=O) groups excluding carboxylic acids is 1. The van der Waals surface area contributed by atoms with E-state index in [0.717, 1.165) is 22.0 Å². The standard InChI is InChI=1S/C20H16N4O/c21-19(25)18(14-5-2-1-3-6-14)24-12-11-23-20(24)16-8-9-17-15(13-16)7-4-10-22-17/h1-13,18H,(H2,21,25)/t18-/m0/s1. The van der Waals surface area contributed by atoms with Gasteiger partial charge in [-0.2, -0.15) is 0 Å². The van der Waals surface area contributed by atoms with E-state index in [9.17, 15) is 4.79 Å². The quantitative estimate of drug-likeness (QED) is 0.625. The summed E-state index contributed by atoms with van der Waals surface area (Å²) < 4.78 is 1.81. The molecule has 2 N–H and O–H groups in total. The SMILES string of the molecule is NC(=O)[C@H](c1ccccc1)n1ccnc1-c1ccc2ncccc2c1. The first-order valence-electron chi connectivity index (χ1n) is 7.96. The van der Waals surface area contributed by atoms with Crippen LogP contribution in [0.5, 0.6) is 0 Å². The molecule has 0 aliphatic rings. The molecule has 0 aliphatic carbocycles. The summed E-state index contributed by atoms with van der Waals surface area (Å²) in [7, 11) is 0. The summed E-state index contributed by atoms with van der Waals surface area (Å²) in [5, 5.41) is 1.02. The Labute approximate surface area is 144 Å². The zero-order valence-corrected chi connectivity index (χ0v) is 13.4. The molecule has 0 fully saturated rings. The van der Waals surface area contributed by atoms with Crippen molar-refractivity contribution in [2.75, 3.05) is 0 Å². The van der Waals surface area contributed by atoms with Gasteiger partial charge in [-0.1, -0.05) is 36.4 Å². The fourth-order valence-electron chi connectivity index (χ4n) is 3.06. The fraction of sp³-hybridized carbons (Fsp3) is 0.0500. The zero-order chi connectivity index (χ0) is 17.2. The molecular weight excluding hydrogens is 312 g/mol. The van der Waals surface area contributed by atoms with Crippen LogP contribution in [0, 0.1) is 0 Å². The number of hydrogen-bond donors (Lipinski definition) is 1. The molecule has 0 saturated carbocycles. The molecule has 0 saturated heterocycles. The van der Waals surface area contributed by atoms with Crippen LogP contribution in [0.3, 0.4) is 0 Å². The third-order valence-electron chi connectivity index (χ3n) is 4.19. The van der Waals surface area contributed by atoms with E-state index in [2.05, 4.69) is 9.97 Å². The van der Waals surface area contributed by atoms with E-state index in [4.69, 9.17) is 5.73 Å². The molecule has 5 nitrogen and oxygen atoms in total. The Morgan fingerprint density at radius 3 is 2.60 bits per heavy atom. The van der Waals surface area contributed by atoms with Crippen LogP contribution in [0.4, 0.5) is 0 Å². The number of aromatic nitrogens is 3. The van der Waals surface area contributed by atoms with Gasteiger partial charge in [-0.05, 0) is 29.8 Å². The summed E-state index contributed by atoms with van der Waals surface area (Å²) in [5.41, 5.74) is 8.36. The molecule has 4 rings (SSSR count). The minimum absolute atomic E-state index is 0.423. The molecule has 4 aromatic rings. The van der Waals surface area contributed by atoms with E-state index >= 15 is 0 Å². The number of imidazole rings is 1. The molecule has 2 heterocycles. The van der Waals surface area contributed by atoms with Crippen LogP contribution in [0.25, 0.3) is 22.3 Å². The molecule has 0 bridgehead atoms. The van der Waals surface area contributed by atoms with Crippen molar-refractivity contribution >= 4 is 16.8 Å². The predicted octanol–water partition coefficient (Wildman–Crippen LogP) is 3.17. The van der Waals surface area contributed by atoms with Gasteiger partial charge < -0.3 is 10.3 Å². The number of rotatable bonds is 4. The maximum Gasteiger partial charge on any atom is 0.245 e. The third-order valence-corrected chi connectivity index (χ3v) is 4.19. The van der Waals surface area contributed by atoms with E-state index in [1.165, 1.54) is 0 Å². The number of primary amides is 1. The van der Waals surface area contributed by atoms with Gasteiger partial charge in [-0.15, -0.1) is 0 Å². The second-order valence-electron chi connectivity index (χ2n) is 5.78. The average molecular weight is 328 g/mol. The third kappa shape index (κ3) is 2.76. The highest BCUT2D eigenvalue weighted by molar-refractivity contribution is 5.85. The fourth-order valence-corrected chi connectivity index (χ4v) is 3.06. The van der Waals surface area contributed by atoms with Crippen molar-refractivity contribution in [2.24, 2.45) is 5.73 Å². The normalized spacial score (nSPS) is 12.2. The highest BCUT2D eigenvalue weighted by atomic mass is 16.1. The molecule has 0 unspecified atom stereocenters. The van der Waals surface area contributed by atoms with Crippen LogP contribution >= 0.6 is 0 Å². The van der Waals surface area contributed by atoms with Gasteiger partial charge in [0, 0.05) is 29.5 Å². The minimum Gasteiger partial charge on any atom is -0.368 e. The zero-order valence-electron chi connectivity index (χ0n) is 13.4. The van der Waals surface area contributed by atoms with Crippen molar-refractivity contribution in [3.05, 3.63) is 84.8 Å². The maximum atomic E-state index is 12.2. The lowest BCUT2D eigenvalue weighted by atomic mass is 10.1. The smallest absolute Gasteiger partial charge is 0.245 e. The molecular formula is C20H16N4O. The first-order valence-corrected chi connectivity index (χ1v) is 7.96. The van der Waals surface area contributed by atoms with E-state index in [1.807, 2.05) is 65.2 Å². The largest absolute Gasteiger partial charge is 0.368 e. The lowest BCUT2D eigenvalue weighted by Crippen LogP contribution is -2.27. The summed E-state index contributed by atoms with van der Waals surface area (Å²) >= 11 is 0. The summed E-state index contributed by atoms with van der Waals surface area (Å²) in [6.07, 6.45) is 5.23. The van der Waals surface area contributed by atoms with E-state index in [0.29, 0.717) is 5.82 Å². The predicted molar refractivity (Wildman–Crippen MR) is 96.7 cm³/mol. The second kappa shape index (κ2) is 6.20. The van der Waals surface area contributed by atoms with Crippen molar-refractivity contribution in [1.82, 2.24) is 14.5 Å². The minimum atomic E-state index is -0.608. The van der Waals surface area contributed by atoms with Crippen LogP contribution in [0.2, 0.25) is 0 Å². The van der Waals surface area contributed by atoms with Crippen LogP contribution in [0.1, 0.15) is 11.6 Å². The summed E-state index contributed by atoms with van der Waals surface area (Å²) in [6, 6.07) is 18.7. The Kier molecular flexibility index (Phi) is 3.74. The van der Waals surface area contributed by atoms with Gasteiger partial charge in [0.2, 0.25) is 5.91 Å². The van der Waals surface area contributed by atoms with Crippen LogP contribution in [-0.2, 0) is 4.79 Å². The number of amides is 1. The number of carbonyl (C=O) groups is 1. The summed E-state index contributed by atoms with van der Waals surface area (Å²) in [5.74, 6) is 0.270. The van der Waals surface area contributed by atoms with Gasteiger partial charge in [0.05, 0.1) is 5.52 Å². The number of hydrogen-bond acceptors (Lipinski definition) is 3. The van der Waals surface area contributed by atoms with Crippen molar-refractivity contribution in [3.63, 3.8) is 0 Å². The number of benzene rings is 2. The van der Waals surface area contributed by atoms with E-state index < -0.39 is 11.9 Å². The van der Waals surface area contributed by atoms with Crippen LogP contribution < -0.4 is 5.73 Å². The monoisotopic (exact) mass is 328 g/mol. The molecule has 2 aromatic heterocycles. The van der Waals surface area contributed by atoms with E-state index in [1.54, 1.807) is 18.6 Å². The highest BCUT2D eigenvalue weighted by Gasteiger charge is 2.22. The van der Waals surface area contributed by atoms with Gasteiger partial charge in [0.15, 0.2) is 0 Å². The van der Waals surface area contributed by atoms with Crippen LogP contribution in [-0.4, -0.2) is 20.4 Å². The Bertz CT molecular complexity index is 1040. The molecule has 122 valence electrons. The Morgan fingerprint density at radius 2 is 1.80 bits per heavy atom. The second-order valence-corrected chi connectivity index (χ2v) is 5.78. The van der Waals surface area contributed by atoms with E-state index in [-0.39, 0.29) is 0 Å². The molecule has 0 radical (unpaired) electrons. The van der Waals surface area contributed by atoms with Crippen molar-refractivity contribution in [1.29, 1.82) is 0 Å². The van der Waals surface area contributed by atoms with Crippen molar-refractivity contribution in [2.45, 2.75) is 6.04 Å². The average Bonchev–Trinajstić information content (AvgIpc) is 3.11. The first-order chi connectivity index (χ1) is 12.2. The molecule has 1 amide bonds. The molecule has 25 heavy (non-hydrogen) atoms. The van der Waals surface area contributed by atoms with Crippen molar-refractivity contribution < 1.29 is 4.79 Å². The Morgan fingerprint density at radius 1 is 0.960 bits per heavy atom. The number of fused-ring (bicyclic) bond motifs is 1. The topological polar surface area (TPSA) is 73.8 Å². The lowest BCUT2D eigenvalue weighted by molar-refractivity contribution is -0.120. The summed E-state index contributed by atoms with van der Waals surface area (Å²) in [6.45, 7) is 0. The van der Waals surface area contributed by atoms with Gasteiger partial charge >= 0.3 is 0 Å². The first kappa shape index (κ1) is 15.1. The molecule has 0 aliphatic heterocycles. The van der Waals surface area contributed by atoms with Gasteiger partial charge in [0.1, 0.15) is 11.9 Å². The van der Waals surface area contributed by atoms with Gasteiger partial charge in [0.25, 0.3) is 0 Å². The molecule has 1 atom stereocenters. The number of nitrogens with zero attached hydrogens (tertiary/aromatic N) is 3. The Balaban J connectivity index is 1.85. The van der Waals surface area contributed by atoms with Gasteiger partial charge in [-0.3, -0.25) is 9.78 Å². The summed E-state index contributed by atoms with van der Waals surface area (Å²) in [4.78, 5) is 21.0. The highest BCUT2D eigenvalue weighted by Crippen LogP contribution is 2.27. The lowest BCUT2D eigenvalue weighted by Gasteiger charge is -2.18. The molecule has 0 spiro atoms. The molecule has 2 aromatic carbocycles. The Hall–Kier alpha value is -3.47. The number of nitrogens with two attached hydrogens (primary N) is 1. The van der Waals surface area contributed by atoms with Crippen LogP contribution in [0.15, 0.2) is 79.3 Å². The molecule has 5 heteroatoms. The maximum absolute atomic E-state index is 12.2. The van der Waals surface area contributed by atoms with Gasteiger partial charge in [-0.25, -0.2) is 4.98 Å².